The van der Waals surface area contributed by atoms with Gasteiger partial charge in [0.15, 0.2) is 6.29 Å². The molecular formula is C13H23F2NO4. The van der Waals surface area contributed by atoms with Crippen molar-refractivity contribution in [1.82, 2.24) is 4.90 Å². The number of carbonyl (C=O) groups is 1. The normalized spacial score (nSPS) is 23.8. The van der Waals surface area contributed by atoms with E-state index in [0.717, 1.165) is 4.90 Å². The molecule has 0 aromatic carbocycles. The third-order valence-corrected chi connectivity index (χ3v) is 2.82. The van der Waals surface area contributed by atoms with Gasteiger partial charge in [0.05, 0.1) is 12.6 Å². The van der Waals surface area contributed by atoms with Crippen molar-refractivity contribution in [3.63, 3.8) is 0 Å². The van der Waals surface area contributed by atoms with Gasteiger partial charge in [0, 0.05) is 20.1 Å². The summed E-state index contributed by atoms with van der Waals surface area (Å²) in [6.45, 7) is 6.42. The number of halogens is 2. The van der Waals surface area contributed by atoms with Crippen LogP contribution in [0.2, 0.25) is 0 Å². The summed E-state index contributed by atoms with van der Waals surface area (Å²) >= 11 is 0. The third kappa shape index (κ3) is 4.56. The molecule has 1 aliphatic heterocycles. The lowest BCUT2D eigenvalue weighted by Crippen LogP contribution is -2.46. The van der Waals surface area contributed by atoms with Crippen LogP contribution in [-0.2, 0) is 14.2 Å². The molecule has 1 fully saturated rings. The van der Waals surface area contributed by atoms with Crippen molar-refractivity contribution in [2.24, 2.45) is 0 Å². The molecule has 118 valence electrons. The number of carbonyl (C=O) groups excluding carboxylic acids is 1. The zero-order chi connectivity index (χ0) is 15.6. The quantitative estimate of drug-likeness (QED) is 0.748. The highest BCUT2D eigenvalue weighted by molar-refractivity contribution is 5.69. The van der Waals surface area contributed by atoms with Crippen LogP contribution in [-0.4, -0.2) is 55.1 Å². The molecule has 2 atom stereocenters. The highest BCUT2D eigenvalue weighted by atomic mass is 19.3. The van der Waals surface area contributed by atoms with Crippen molar-refractivity contribution in [3.05, 3.63) is 0 Å². The van der Waals surface area contributed by atoms with E-state index in [2.05, 4.69) is 0 Å². The molecule has 20 heavy (non-hydrogen) atoms. The van der Waals surface area contributed by atoms with Gasteiger partial charge >= 0.3 is 6.09 Å². The lowest BCUT2D eigenvalue weighted by molar-refractivity contribution is -0.154. The largest absolute Gasteiger partial charge is 0.444 e. The molecule has 0 aromatic heterocycles. The summed E-state index contributed by atoms with van der Waals surface area (Å²) in [5.74, 6) is -2.96. The van der Waals surface area contributed by atoms with Crippen molar-refractivity contribution >= 4 is 6.09 Å². The first-order valence-corrected chi connectivity index (χ1v) is 6.61. The summed E-state index contributed by atoms with van der Waals surface area (Å²) in [6.07, 6.45) is -2.16. The van der Waals surface area contributed by atoms with E-state index in [9.17, 15) is 13.6 Å². The topological polar surface area (TPSA) is 48.0 Å². The van der Waals surface area contributed by atoms with Gasteiger partial charge in [-0.1, -0.05) is 0 Å². The van der Waals surface area contributed by atoms with E-state index >= 15 is 0 Å². The zero-order valence-electron chi connectivity index (χ0n) is 12.6. The molecule has 0 aliphatic carbocycles. The molecule has 0 radical (unpaired) electrons. The molecule has 1 amide bonds. The van der Waals surface area contributed by atoms with Gasteiger partial charge in [0.1, 0.15) is 5.60 Å². The van der Waals surface area contributed by atoms with Crippen LogP contribution in [0, 0.1) is 0 Å². The first-order chi connectivity index (χ1) is 9.09. The number of methoxy groups -OCH3 is 1. The van der Waals surface area contributed by atoms with Crippen molar-refractivity contribution in [3.8, 4) is 0 Å². The molecule has 1 saturated heterocycles. The third-order valence-electron chi connectivity index (χ3n) is 2.82. The Balaban J connectivity index is 2.87. The van der Waals surface area contributed by atoms with Crippen molar-refractivity contribution in [1.29, 1.82) is 0 Å². The van der Waals surface area contributed by atoms with E-state index in [4.69, 9.17) is 14.2 Å². The van der Waals surface area contributed by atoms with E-state index in [-0.39, 0.29) is 0 Å². The SMILES string of the molecule is CCOC(OC)[C@@H]1CC(F)(F)CN1C(=O)OC(C)(C)C. The molecule has 1 rings (SSSR count). The molecule has 1 unspecified atom stereocenters. The highest BCUT2D eigenvalue weighted by Crippen LogP contribution is 2.35. The van der Waals surface area contributed by atoms with Crippen LogP contribution in [0.3, 0.4) is 0 Å². The molecule has 0 N–H and O–H groups in total. The number of amides is 1. The second-order valence-corrected chi connectivity index (χ2v) is 5.80. The summed E-state index contributed by atoms with van der Waals surface area (Å²) in [4.78, 5) is 13.0. The Morgan fingerprint density at radius 3 is 2.50 bits per heavy atom. The van der Waals surface area contributed by atoms with Crippen LogP contribution in [0.15, 0.2) is 0 Å². The minimum absolute atomic E-state index is 0.308. The van der Waals surface area contributed by atoms with Gasteiger partial charge in [-0.25, -0.2) is 13.6 Å². The summed E-state index contributed by atoms with van der Waals surface area (Å²) in [6, 6.07) is -0.857. The average Bonchev–Trinajstić information content (AvgIpc) is 2.60. The van der Waals surface area contributed by atoms with Crippen LogP contribution in [0.25, 0.3) is 0 Å². The van der Waals surface area contributed by atoms with Crippen molar-refractivity contribution in [2.75, 3.05) is 20.3 Å². The van der Waals surface area contributed by atoms with Crippen LogP contribution >= 0.6 is 0 Å². The maximum absolute atomic E-state index is 13.6. The van der Waals surface area contributed by atoms with E-state index in [1.54, 1.807) is 27.7 Å². The van der Waals surface area contributed by atoms with E-state index in [1.165, 1.54) is 7.11 Å². The first kappa shape index (κ1) is 17.1. The Bertz CT molecular complexity index is 344. The summed E-state index contributed by atoms with van der Waals surface area (Å²) in [5.41, 5.74) is -0.742. The van der Waals surface area contributed by atoms with Crippen molar-refractivity contribution in [2.45, 2.75) is 58.0 Å². The Morgan fingerprint density at radius 2 is 2.05 bits per heavy atom. The Morgan fingerprint density at radius 1 is 1.45 bits per heavy atom. The van der Waals surface area contributed by atoms with Gasteiger partial charge in [-0.05, 0) is 27.7 Å². The molecule has 1 heterocycles. The van der Waals surface area contributed by atoms with Crippen LogP contribution in [0.1, 0.15) is 34.1 Å². The predicted molar refractivity (Wildman–Crippen MR) is 68.7 cm³/mol. The van der Waals surface area contributed by atoms with E-state index in [0.29, 0.717) is 6.61 Å². The van der Waals surface area contributed by atoms with Gasteiger partial charge in [0.2, 0.25) is 0 Å². The van der Waals surface area contributed by atoms with Gasteiger partial charge in [-0.2, -0.15) is 0 Å². The Hall–Kier alpha value is -0.950. The molecule has 0 bridgehead atoms. The maximum atomic E-state index is 13.6. The Labute approximate surface area is 118 Å². The van der Waals surface area contributed by atoms with Gasteiger partial charge in [-0.3, -0.25) is 4.90 Å². The molecule has 1 aliphatic rings. The molecule has 0 spiro atoms. The minimum Gasteiger partial charge on any atom is -0.444 e. The molecular weight excluding hydrogens is 272 g/mol. The fourth-order valence-electron chi connectivity index (χ4n) is 2.11. The summed E-state index contributed by atoms with van der Waals surface area (Å²) < 4.78 is 42.7. The fraction of sp³-hybridized carbons (Fsp3) is 0.923. The van der Waals surface area contributed by atoms with E-state index in [1.807, 2.05) is 0 Å². The highest BCUT2D eigenvalue weighted by Gasteiger charge is 2.51. The monoisotopic (exact) mass is 295 g/mol. The minimum atomic E-state index is -2.96. The molecule has 0 saturated carbocycles. The smallest absolute Gasteiger partial charge is 0.410 e. The number of hydrogen-bond acceptors (Lipinski definition) is 4. The van der Waals surface area contributed by atoms with Crippen molar-refractivity contribution < 1.29 is 27.8 Å². The number of nitrogens with zero attached hydrogens (tertiary/aromatic N) is 1. The number of alkyl halides is 2. The lowest BCUT2D eigenvalue weighted by atomic mass is 10.2. The van der Waals surface area contributed by atoms with Gasteiger partial charge in [0.25, 0.3) is 5.92 Å². The molecule has 0 aromatic rings. The van der Waals surface area contributed by atoms with Gasteiger partial charge < -0.3 is 14.2 Å². The molecule has 5 nitrogen and oxygen atoms in total. The van der Waals surface area contributed by atoms with Crippen LogP contribution in [0.4, 0.5) is 13.6 Å². The second kappa shape index (κ2) is 6.22. The summed E-state index contributed by atoms with van der Waals surface area (Å²) in [5, 5.41) is 0. The number of rotatable bonds is 4. The molecule has 7 heteroatoms. The fourth-order valence-corrected chi connectivity index (χ4v) is 2.11. The zero-order valence-corrected chi connectivity index (χ0v) is 12.6. The summed E-state index contributed by atoms with van der Waals surface area (Å²) in [7, 11) is 1.37. The lowest BCUT2D eigenvalue weighted by Gasteiger charge is -2.31. The predicted octanol–water partition coefficient (Wildman–Crippen LogP) is 2.64. The number of ether oxygens (including phenoxy) is 3. The van der Waals surface area contributed by atoms with Crippen LogP contribution in [0.5, 0.6) is 0 Å². The number of hydrogen-bond donors (Lipinski definition) is 0. The first-order valence-electron chi connectivity index (χ1n) is 6.61. The standard InChI is InChI=1S/C13H23F2NO4/c1-6-19-10(18-5)9-7-13(14,15)8-16(9)11(17)20-12(2,3)4/h9-10H,6-8H2,1-5H3/t9-,10?/m0/s1. The number of likely N-dealkylation sites (tertiary alicyclic amines) is 1. The maximum Gasteiger partial charge on any atom is 0.410 e. The Kier molecular flexibility index (Phi) is 5.32. The van der Waals surface area contributed by atoms with E-state index < -0.39 is 42.9 Å². The average molecular weight is 295 g/mol. The van der Waals surface area contributed by atoms with Crippen LogP contribution < -0.4 is 0 Å². The second-order valence-electron chi connectivity index (χ2n) is 5.80. The van der Waals surface area contributed by atoms with Gasteiger partial charge in [-0.15, -0.1) is 0 Å².